The standard InChI is InChI=1S/C12H20N2OS/c1-8(9-6-13-7-16-9)14-10-5-11(15-4)12(10,2)3/h6-8,10-11,14H,5H2,1-4H3. The molecule has 1 aliphatic carbocycles. The van der Waals surface area contributed by atoms with Gasteiger partial charge < -0.3 is 10.1 Å². The van der Waals surface area contributed by atoms with Crippen LogP contribution in [-0.4, -0.2) is 24.2 Å². The van der Waals surface area contributed by atoms with Crippen LogP contribution in [0.25, 0.3) is 0 Å². The zero-order chi connectivity index (χ0) is 11.8. The van der Waals surface area contributed by atoms with E-state index in [1.807, 2.05) is 11.7 Å². The highest BCUT2D eigenvalue weighted by Crippen LogP contribution is 2.43. The second-order valence-electron chi connectivity index (χ2n) is 5.13. The molecule has 4 heteroatoms. The molecule has 1 heterocycles. The Hall–Kier alpha value is -0.450. The number of hydrogen-bond donors (Lipinski definition) is 1. The molecule has 0 aromatic carbocycles. The summed E-state index contributed by atoms with van der Waals surface area (Å²) >= 11 is 1.71. The van der Waals surface area contributed by atoms with E-state index in [0.717, 1.165) is 6.42 Å². The minimum Gasteiger partial charge on any atom is -0.381 e. The van der Waals surface area contributed by atoms with E-state index in [1.165, 1.54) is 4.88 Å². The molecule has 16 heavy (non-hydrogen) atoms. The van der Waals surface area contributed by atoms with Gasteiger partial charge in [-0.25, -0.2) is 0 Å². The van der Waals surface area contributed by atoms with E-state index in [9.17, 15) is 0 Å². The van der Waals surface area contributed by atoms with E-state index >= 15 is 0 Å². The lowest BCUT2D eigenvalue weighted by Crippen LogP contribution is -2.60. The predicted molar refractivity (Wildman–Crippen MR) is 66.6 cm³/mol. The summed E-state index contributed by atoms with van der Waals surface area (Å²) in [6, 6.07) is 0.920. The van der Waals surface area contributed by atoms with Crippen molar-refractivity contribution >= 4 is 11.3 Å². The molecule has 1 aromatic heterocycles. The molecule has 3 nitrogen and oxygen atoms in total. The molecule has 0 saturated heterocycles. The molecule has 1 saturated carbocycles. The molecular weight excluding hydrogens is 220 g/mol. The maximum Gasteiger partial charge on any atom is 0.0794 e. The Morgan fingerprint density at radius 1 is 1.62 bits per heavy atom. The van der Waals surface area contributed by atoms with Crippen LogP contribution in [0.5, 0.6) is 0 Å². The fourth-order valence-corrected chi connectivity index (χ4v) is 3.03. The molecule has 2 rings (SSSR count). The topological polar surface area (TPSA) is 34.1 Å². The first-order valence-electron chi connectivity index (χ1n) is 5.73. The lowest BCUT2D eigenvalue weighted by atomic mass is 9.64. The SMILES string of the molecule is COC1CC(NC(C)c2cncs2)C1(C)C. The van der Waals surface area contributed by atoms with E-state index in [0.29, 0.717) is 18.2 Å². The summed E-state index contributed by atoms with van der Waals surface area (Å²) in [5.74, 6) is 0. The van der Waals surface area contributed by atoms with Crippen molar-refractivity contribution in [1.29, 1.82) is 0 Å². The molecule has 0 bridgehead atoms. The third-order valence-corrected chi connectivity index (χ3v) is 4.75. The molecule has 0 aliphatic heterocycles. The summed E-state index contributed by atoms with van der Waals surface area (Å²) < 4.78 is 5.45. The van der Waals surface area contributed by atoms with E-state index < -0.39 is 0 Å². The number of nitrogens with one attached hydrogen (secondary N) is 1. The van der Waals surface area contributed by atoms with Crippen LogP contribution in [-0.2, 0) is 4.74 Å². The Kier molecular flexibility index (Phi) is 3.33. The first-order chi connectivity index (χ1) is 7.55. The van der Waals surface area contributed by atoms with Crippen LogP contribution in [0.4, 0.5) is 0 Å². The van der Waals surface area contributed by atoms with Gasteiger partial charge in [0.2, 0.25) is 0 Å². The molecule has 1 aromatic rings. The average molecular weight is 240 g/mol. The fourth-order valence-electron chi connectivity index (χ4n) is 2.39. The number of ether oxygens (including phenoxy) is 1. The van der Waals surface area contributed by atoms with Gasteiger partial charge in [-0.2, -0.15) is 0 Å². The Bertz CT molecular complexity index is 337. The Labute approximate surface area is 101 Å². The van der Waals surface area contributed by atoms with Gasteiger partial charge in [0, 0.05) is 35.7 Å². The Morgan fingerprint density at radius 3 is 2.88 bits per heavy atom. The van der Waals surface area contributed by atoms with Crippen molar-refractivity contribution in [2.24, 2.45) is 5.41 Å². The fraction of sp³-hybridized carbons (Fsp3) is 0.750. The summed E-state index contributed by atoms with van der Waals surface area (Å²) in [5, 5.41) is 3.66. The summed E-state index contributed by atoms with van der Waals surface area (Å²) in [6.45, 7) is 6.73. The highest BCUT2D eigenvalue weighted by molar-refractivity contribution is 7.09. The van der Waals surface area contributed by atoms with Crippen molar-refractivity contribution in [3.8, 4) is 0 Å². The molecule has 90 valence electrons. The zero-order valence-electron chi connectivity index (χ0n) is 10.4. The predicted octanol–water partition coefficient (Wildman–Crippen LogP) is 2.61. The second-order valence-corrected chi connectivity index (χ2v) is 6.04. The van der Waals surface area contributed by atoms with Crippen molar-refractivity contribution in [3.05, 3.63) is 16.6 Å². The quantitative estimate of drug-likeness (QED) is 0.878. The highest BCUT2D eigenvalue weighted by atomic mass is 32.1. The first kappa shape index (κ1) is 12.0. The van der Waals surface area contributed by atoms with E-state index in [2.05, 4.69) is 31.1 Å². The lowest BCUT2D eigenvalue weighted by molar-refractivity contribution is -0.0998. The average Bonchev–Trinajstić information content (AvgIpc) is 2.76. The van der Waals surface area contributed by atoms with Crippen LogP contribution in [0.2, 0.25) is 0 Å². The molecule has 1 fully saturated rings. The zero-order valence-corrected chi connectivity index (χ0v) is 11.2. The number of nitrogens with zero attached hydrogens (tertiary/aromatic N) is 1. The van der Waals surface area contributed by atoms with Gasteiger partial charge in [-0.05, 0) is 13.3 Å². The van der Waals surface area contributed by atoms with Gasteiger partial charge in [-0.1, -0.05) is 13.8 Å². The van der Waals surface area contributed by atoms with Crippen LogP contribution in [0.15, 0.2) is 11.7 Å². The molecule has 0 amide bonds. The molecule has 3 atom stereocenters. The van der Waals surface area contributed by atoms with Gasteiger partial charge in [0.05, 0.1) is 11.6 Å². The van der Waals surface area contributed by atoms with Crippen LogP contribution >= 0.6 is 11.3 Å². The van der Waals surface area contributed by atoms with Crippen molar-refractivity contribution in [1.82, 2.24) is 10.3 Å². The number of methoxy groups -OCH3 is 1. The molecule has 1 aliphatic rings. The van der Waals surface area contributed by atoms with E-state index in [4.69, 9.17) is 4.74 Å². The maximum atomic E-state index is 5.45. The normalized spacial score (nSPS) is 29.8. The van der Waals surface area contributed by atoms with Crippen LogP contribution < -0.4 is 5.32 Å². The summed E-state index contributed by atoms with van der Waals surface area (Å²) in [4.78, 5) is 5.42. The Morgan fingerprint density at radius 2 is 2.38 bits per heavy atom. The van der Waals surface area contributed by atoms with Gasteiger partial charge >= 0.3 is 0 Å². The summed E-state index contributed by atoms with van der Waals surface area (Å²) in [5.41, 5.74) is 2.12. The van der Waals surface area contributed by atoms with Gasteiger partial charge in [0.1, 0.15) is 0 Å². The lowest BCUT2D eigenvalue weighted by Gasteiger charge is -2.52. The monoisotopic (exact) mass is 240 g/mol. The largest absolute Gasteiger partial charge is 0.381 e. The van der Waals surface area contributed by atoms with Crippen LogP contribution in [0.1, 0.15) is 38.1 Å². The maximum absolute atomic E-state index is 5.45. The molecule has 3 unspecified atom stereocenters. The third-order valence-electron chi connectivity index (χ3n) is 3.79. The van der Waals surface area contributed by atoms with Crippen LogP contribution in [0.3, 0.4) is 0 Å². The van der Waals surface area contributed by atoms with E-state index in [-0.39, 0.29) is 5.41 Å². The van der Waals surface area contributed by atoms with Crippen molar-refractivity contribution in [2.45, 2.75) is 45.4 Å². The number of thiazole rings is 1. The van der Waals surface area contributed by atoms with Crippen LogP contribution in [0, 0.1) is 5.41 Å². The number of aromatic nitrogens is 1. The van der Waals surface area contributed by atoms with Crippen molar-refractivity contribution in [3.63, 3.8) is 0 Å². The van der Waals surface area contributed by atoms with Gasteiger partial charge in [-0.3, -0.25) is 4.98 Å². The van der Waals surface area contributed by atoms with E-state index in [1.54, 1.807) is 18.4 Å². The van der Waals surface area contributed by atoms with Crippen molar-refractivity contribution < 1.29 is 4.74 Å². The third kappa shape index (κ3) is 2.01. The highest BCUT2D eigenvalue weighted by Gasteiger charge is 2.48. The van der Waals surface area contributed by atoms with Gasteiger partial charge in [-0.15, -0.1) is 11.3 Å². The molecule has 1 N–H and O–H groups in total. The minimum absolute atomic E-state index is 0.230. The van der Waals surface area contributed by atoms with Gasteiger partial charge in [0.15, 0.2) is 0 Å². The second kappa shape index (κ2) is 4.43. The Balaban J connectivity index is 1.92. The number of hydrogen-bond acceptors (Lipinski definition) is 4. The smallest absolute Gasteiger partial charge is 0.0794 e. The van der Waals surface area contributed by atoms with Crippen molar-refractivity contribution in [2.75, 3.05) is 7.11 Å². The molecule has 0 spiro atoms. The number of rotatable bonds is 4. The molecule has 0 radical (unpaired) electrons. The molecular formula is C12H20N2OS. The summed E-state index contributed by atoms with van der Waals surface area (Å²) in [6.07, 6.45) is 3.44. The first-order valence-corrected chi connectivity index (χ1v) is 6.61. The minimum atomic E-state index is 0.230. The summed E-state index contributed by atoms with van der Waals surface area (Å²) in [7, 11) is 1.80. The van der Waals surface area contributed by atoms with Gasteiger partial charge in [0.25, 0.3) is 0 Å².